The normalized spacial score (nSPS) is 18.1. The van der Waals surface area contributed by atoms with E-state index in [1.165, 1.54) is 44.2 Å². The maximum atomic E-state index is 5.71. The van der Waals surface area contributed by atoms with Gasteiger partial charge in [-0.1, -0.05) is 25.7 Å². The van der Waals surface area contributed by atoms with Gasteiger partial charge >= 0.3 is 0 Å². The zero-order valence-corrected chi connectivity index (χ0v) is 9.78. The van der Waals surface area contributed by atoms with Gasteiger partial charge in [-0.05, 0) is 18.9 Å². The number of hydrogen-bond donors (Lipinski definition) is 2. The third kappa shape index (κ3) is 2.95. The van der Waals surface area contributed by atoms with Crippen LogP contribution in [0.5, 0.6) is 0 Å². The van der Waals surface area contributed by atoms with Crippen LogP contribution in [0, 0.1) is 0 Å². The molecule has 0 amide bonds. The van der Waals surface area contributed by atoms with Gasteiger partial charge < -0.3 is 11.1 Å². The zero-order valence-electron chi connectivity index (χ0n) is 9.78. The molecule has 1 aromatic rings. The minimum absolute atomic E-state index is 0.558. The molecule has 2 rings (SSSR count). The maximum absolute atomic E-state index is 5.71. The summed E-state index contributed by atoms with van der Waals surface area (Å²) in [4.78, 5) is 4.11. The van der Waals surface area contributed by atoms with Gasteiger partial charge in [-0.25, -0.2) is 0 Å². The third-order valence-electron chi connectivity index (χ3n) is 3.34. The summed E-state index contributed by atoms with van der Waals surface area (Å²) < 4.78 is 0. The Hall–Kier alpha value is -1.09. The van der Waals surface area contributed by atoms with Gasteiger partial charge in [0.1, 0.15) is 0 Å². The van der Waals surface area contributed by atoms with Gasteiger partial charge in [-0.3, -0.25) is 4.98 Å². The van der Waals surface area contributed by atoms with Crippen LogP contribution in [0.25, 0.3) is 0 Å². The van der Waals surface area contributed by atoms with Gasteiger partial charge in [0.25, 0.3) is 0 Å². The summed E-state index contributed by atoms with van der Waals surface area (Å²) in [7, 11) is 0. The first-order valence-electron chi connectivity index (χ1n) is 6.29. The van der Waals surface area contributed by atoms with Crippen molar-refractivity contribution in [2.24, 2.45) is 5.73 Å². The van der Waals surface area contributed by atoms with E-state index in [1.807, 2.05) is 18.5 Å². The van der Waals surface area contributed by atoms with Crippen molar-refractivity contribution < 1.29 is 0 Å². The van der Waals surface area contributed by atoms with E-state index in [4.69, 9.17) is 5.73 Å². The Morgan fingerprint density at radius 3 is 2.69 bits per heavy atom. The molecule has 0 bridgehead atoms. The monoisotopic (exact) mass is 219 g/mol. The molecule has 0 atom stereocenters. The summed E-state index contributed by atoms with van der Waals surface area (Å²) in [5.41, 5.74) is 7.99. The Bertz CT molecular complexity index is 317. The highest BCUT2D eigenvalue weighted by Gasteiger charge is 2.12. The van der Waals surface area contributed by atoms with Crippen LogP contribution in [-0.2, 0) is 6.54 Å². The Kier molecular flexibility index (Phi) is 4.17. The summed E-state index contributed by atoms with van der Waals surface area (Å²) in [6.45, 7) is 0.558. The molecule has 1 aliphatic rings. The summed E-state index contributed by atoms with van der Waals surface area (Å²) >= 11 is 0. The lowest BCUT2D eigenvalue weighted by Gasteiger charge is -2.19. The molecule has 0 radical (unpaired) electrons. The molecular formula is C13H21N3. The molecule has 0 spiro atoms. The summed E-state index contributed by atoms with van der Waals surface area (Å²) in [5.74, 6) is 0. The van der Waals surface area contributed by atoms with Crippen LogP contribution in [0.15, 0.2) is 18.5 Å². The number of nitrogens with zero attached hydrogens (tertiary/aromatic N) is 1. The maximum Gasteiger partial charge on any atom is 0.0418 e. The Balaban J connectivity index is 2.01. The Morgan fingerprint density at radius 1 is 1.25 bits per heavy atom. The van der Waals surface area contributed by atoms with Gasteiger partial charge in [-0.15, -0.1) is 0 Å². The van der Waals surface area contributed by atoms with E-state index >= 15 is 0 Å². The molecule has 1 fully saturated rings. The highest BCUT2D eigenvalue weighted by Crippen LogP contribution is 2.22. The quantitative estimate of drug-likeness (QED) is 0.768. The lowest BCUT2D eigenvalue weighted by atomic mass is 10.1. The van der Waals surface area contributed by atoms with Crippen molar-refractivity contribution in [2.75, 3.05) is 5.32 Å². The molecule has 16 heavy (non-hydrogen) atoms. The smallest absolute Gasteiger partial charge is 0.0418 e. The summed E-state index contributed by atoms with van der Waals surface area (Å²) in [6, 6.07) is 2.66. The Labute approximate surface area is 97.5 Å². The lowest BCUT2D eigenvalue weighted by Crippen LogP contribution is -2.19. The molecule has 1 saturated carbocycles. The predicted octanol–water partition coefficient (Wildman–Crippen LogP) is 2.68. The molecule has 88 valence electrons. The summed E-state index contributed by atoms with van der Waals surface area (Å²) in [5, 5.41) is 3.62. The fraction of sp³-hybridized carbons (Fsp3) is 0.615. The van der Waals surface area contributed by atoms with Gasteiger partial charge in [0.15, 0.2) is 0 Å². The second kappa shape index (κ2) is 5.85. The topological polar surface area (TPSA) is 50.9 Å². The number of hydrogen-bond acceptors (Lipinski definition) is 3. The van der Waals surface area contributed by atoms with Crippen LogP contribution in [0.1, 0.15) is 44.1 Å². The second-order valence-corrected chi connectivity index (χ2v) is 4.57. The van der Waals surface area contributed by atoms with Gasteiger partial charge in [0, 0.05) is 36.2 Å². The van der Waals surface area contributed by atoms with E-state index in [0.717, 1.165) is 5.56 Å². The molecule has 1 heterocycles. The van der Waals surface area contributed by atoms with Crippen molar-refractivity contribution in [3.05, 3.63) is 24.0 Å². The van der Waals surface area contributed by atoms with Crippen molar-refractivity contribution >= 4 is 5.69 Å². The van der Waals surface area contributed by atoms with Crippen LogP contribution in [0.4, 0.5) is 5.69 Å². The molecule has 1 aromatic heterocycles. The molecule has 3 heteroatoms. The number of nitrogens with two attached hydrogens (primary N) is 1. The highest BCUT2D eigenvalue weighted by atomic mass is 14.9. The molecule has 3 N–H and O–H groups in total. The number of rotatable bonds is 3. The van der Waals surface area contributed by atoms with E-state index < -0.39 is 0 Å². The van der Waals surface area contributed by atoms with Crippen LogP contribution in [0.3, 0.4) is 0 Å². The number of pyridine rings is 1. The lowest BCUT2D eigenvalue weighted by molar-refractivity contribution is 0.619. The molecule has 3 nitrogen and oxygen atoms in total. The first-order chi connectivity index (χ1) is 7.90. The average Bonchev–Trinajstić information content (AvgIpc) is 2.58. The summed E-state index contributed by atoms with van der Waals surface area (Å²) in [6.07, 6.45) is 11.7. The first-order valence-corrected chi connectivity index (χ1v) is 6.29. The van der Waals surface area contributed by atoms with Crippen LogP contribution in [-0.4, -0.2) is 11.0 Å². The fourth-order valence-electron chi connectivity index (χ4n) is 2.37. The second-order valence-electron chi connectivity index (χ2n) is 4.57. The number of nitrogens with one attached hydrogen (secondary N) is 1. The molecule has 0 aliphatic heterocycles. The third-order valence-corrected chi connectivity index (χ3v) is 3.34. The SMILES string of the molecule is NCc1cnccc1NC1CCCCCC1. The number of anilines is 1. The van der Waals surface area contributed by atoms with Gasteiger partial charge in [0.2, 0.25) is 0 Å². The van der Waals surface area contributed by atoms with Crippen molar-refractivity contribution in [2.45, 2.75) is 51.1 Å². The first kappa shape index (κ1) is 11.4. The minimum atomic E-state index is 0.558. The largest absolute Gasteiger partial charge is 0.382 e. The van der Waals surface area contributed by atoms with Crippen molar-refractivity contribution in [3.8, 4) is 0 Å². The van der Waals surface area contributed by atoms with Gasteiger partial charge in [0.05, 0.1) is 0 Å². The van der Waals surface area contributed by atoms with Gasteiger partial charge in [-0.2, -0.15) is 0 Å². The molecule has 0 aromatic carbocycles. The fourth-order valence-corrected chi connectivity index (χ4v) is 2.37. The van der Waals surface area contributed by atoms with E-state index in [1.54, 1.807) is 0 Å². The Morgan fingerprint density at radius 2 is 2.00 bits per heavy atom. The molecule has 0 unspecified atom stereocenters. The van der Waals surface area contributed by atoms with Crippen LogP contribution < -0.4 is 11.1 Å². The van der Waals surface area contributed by atoms with Crippen molar-refractivity contribution in [3.63, 3.8) is 0 Å². The minimum Gasteiger partial charge on any atom is -0.382 e. The van der Waals surface area contributed by atoms with E-state index in [2.05, 4.69) is 10.3 Å². The van der Waals surface area contributed by atoms with Crippen molar-refractivity contribution in [1.82, 2.24) is 4.98 Å². The zero-order chi connectivity index (χ0) is 11.2. The van der Waals surface area contributed by atoms with E-state index in [0.29, 0.717) is 12.6 Å². The van der Waals surface area contributed by atoms with E-state index in [-0.39, 0.29) is 0 Å². The average molecular weight is 219 g/mol. The molecule has 0 saturated heterocycles. The van der Waals surface area contributed by atoms with Crippen LogP contribution in [0.2, 0.25) is 0 Å². The van der Waals surface area contributed by atoms with E-state index in [9.17, 15) is 0 Å². The standard InChI is InChI=1S/C13H21N3/c14-9-11-10-15-8-7-13(11)16-12-5-3-1-2-4-6-12/h7-8,10,12H,1-6,9,14H2,(H,15,16). The van der Waals surface area contributed by atoms with Crippen LogP contribution >= 0.6 is 0 Å². The molecule has 1 aliphatic carbocycles. The predicted molar refractivity (Wildman–Crippen MR) is 67.2 cm³/mol. The molecular weight excluding hydrogens is 198 g/mol. The highest BCUT2D eigenvalue weighted by molar-refractivity contribution is 5.50. The number of aromatic nitrogens is 1. The van der Waals surface area contributed by atoms with Crippen molar-refractivity contribution in [1.29, 1.82) is 0 Å².